The van der Waals surface area contributed by atoms with Crippen LogP contribution in [-0.2, 0) is 28.6 Å². The van der Waals surface area contributed by atoms with Crippen LogP contribution < -0.4 is 5.32 Å². The van der Waals surface area contributed by atoms with E-state index in [0.717, 1.165) is 57.8 Å². The van der Waals surface area contributed by atoms with E-state index in [1.54, 1.807) is 20.8 Å². The number of carbonyl (C=O) groups is 4. The Labute approximate surface area is 237 Å². The van der Waals surface area contributed by atoms with Crippen LogP contribution in [0, 0.1) is 0 Å². The van der Waals surface area contributed by atoms with Crippen LogP contribution in [0.4, 0.5) is 4.79 Å². The molecule has 0 fully saturated rings. The lowest BCUT2D eigenvalue weighted by Crippen LogP contribution is -2.35. The van der Waals surface area contributed by atoms with Gasteiger partial charge in [-0.2, -0.15) is 0 Å². The molecule has 1 amide bonds. The highest BCUT2D eigenvalue weighted by Gasteiger charge is 2.22. The molecule has 1 N–H and O–H groups in total. The van der Waals surface area contributed by atoms with Gasteiger partial charge >= 0.3 is 18.0 Å². The molecule has 8 nitrogen and oxygen atoms in total. The minimum atomic E-state index is -1.57. The van der Waals surface area contributed by atoms with E-state index in [2.05, 4.69) is 5.32 Å². The Kier molecular flexibility index (Phi) is 23.3. The van der Waals surface area contributed by atoms with Crippen molar-refractivity contribution in [2.75, 3.05) is 19.8 Å². The van der Waals surface area contributed by atoms with Gasteiger partial charge in [-0.15, -0.1) is 0 Å². The van der Waals surface area contributed by atoms with E-state index in [-0.39, 0.29) is 37.7 Å². The number of unbranched alkanes of at least 4 members (excludes halogenated alkanes) is 8. The van der Waals surface area contributed by atoms with E-state index in [9.17, 15) is 19.2 Å². The largest absolute Gasteiger partial charge is 0.466 e. The summed E-state index contributed by atoms with van der Waals surface area (Å²) < 4.78 is 13.5. The maximum Gasteiger partial charge on any atom is 0.408 e. The Morgan fingerprint density at radius 3 is 1.68 bits per heavy atom. The molecule has 0 radical (unpaired) electrons. The van der Waals surface area contributed by atoms with Crippen molar-refractivity contribution in [1.82, 2.24) is 5.32 Å². The molecule has 37 heavy (non-hydrogen) atoms. The highest BCUT2D eigenvalue weighted by Crippen LogP contribution is 2.26. The second-order valence-electron chi connectivity index (χ2n) is 9.32. The molecule has 0 unspecified atom stereocenters. The number of Topliss-reactive ketones (excluding diaryl/α,β-unsaturated/α-hetero) is 1. The number of hydrogen-bond acceptors (Lipinski definition) is 7. The molecule has 0 aromatic carbocycles. The molecule has 218 valence electrons. The van der Waals surface area contributed by atoms with Crippen molar-refractivity contribution in [3.05, 3.63) is 0 Å². The standard InChI is InChI=1S/C24H40Cl3NO7.C2H6/c1-23(2,3)35-22(32)28-17-19(29)14-15-21(31)33-16-12-10-8-6-4-5-7-9-11-13-20(30)34-18-24(25,26)27;1-2/h4-18H2,1-3H3,(H,28,32);1-2H3. The van der Waals surface area contributed by atoms with Crippen LogP contribution in [0.3, 0.4) is 0 Å². The fourth-order valence-corrected chi connectivity index (χ4v) is 3.08. The first-order chi connectivity index (χ1) is 17.3. The van der Waals surface area contributed by atoms with Gasteiger partial charge in [0.15, 0.2) is 5.78 Å². The van der Waals surface area contributed by atoms with Crippen LogP contribution in [0.5, 0.6) is 0 Å². The van der Waals surface area contributed by atoms with Gasteiger partial charge in [-0.3, -0.25) is 14.4 Å². The third-order valence-corrected chi connectivity index (χ3v) is 4.95. The monoisotopic (exact) mass is 589 g/mol. The summed E-state index contributed by atoms with van der Waals surface area (Å²) in [5.74, 6) is -1.02. The predicted octanol–water partition coefficient (Wildman–Crippen LogP) is 7.24. The Balaban J connectivity index is 0. The van der Waals surface area contributed by atoms with Crippen molar-refractivity contribution in [2.24, 2.45) is 0 Å². The van der Waals surface area contributed by atoms with Gasteiger partial charge in [0.2, 0.25) is 3.79 Å². The molecule has 0 aromatic heterocycles. The zero-order valence-corrected chi connectivity index (χ0v) is 25.4. The highest BCUT2D eigenvalue weighted by atomic mass is 35.6. The number of rotatable bonds is 18. The number of esters is 2. The third-order valence-electron chi connectivity index (χ3n) is 4.62. The molecule has 0 rings (SSSR count). The fraction of sp³-hybridized carbons (Fsp3) is 0.846. The summed E-state index contributed by atoms with van der Waals surface area (Å²) in [6.45, 7) is 9.13. The topological polar surface area (TPSA) is 108 Å². The van der Waals surface area contributed by atoms with E-state index in [0.29, 0.717) is 13.0 Å². The average Bonchev–Trinajstić information content (AvgIpc) is 2.80. The van der Waals surface area contributed by atoms with Gasteiger partial charge in [0.25, 0.3) is 0 Å². The van der Waals surface area contributed by atoms with Crippen LogP contribution in [0.15, 0.2) is 0 Å². The van der Waals surface area contributed by atoms with E-state index in [1.807, 2.05) is 13.8 Å². The summed E-state index contributed by atoms with van der Waals surface area (Å²) in [6, 6.07) is 0. The Bertz CT molecular complexity index is 647. The van der Waals surface area contributed by atoms with Crippen molar-refractivity contribution in [3.8, 4) is 0 Å². The van der Waals surface area contributed by atoms with Gasteiger partial charge in [-0.1, -0.05) is 93.6 Å². The van der Waals surface area contributed by atoms with Gasteiger partial charge in [-0.25, -0.2) is 4.79 Å². The van der Waals surface area contributed by atoms with E-state index < -0.39 is 21.5 Å². The van der Waals surface area contributed by atoms with Gasteiger partial charge in [0, 0.05) is 12.8 Å². The molecular formula is C26H46Cl3NO7. The number of hydrogen-bond donors (Lipinski definition) is 1. The zero-order chi connectivity index (χ0) is 28.7. The molecule has 0 saturated carbocycles. The molecule has 0 aromatic rings. The molecule has 0 atom stereocenters. The molecule has 0 aliphatic rings. The molecule has 0 spiro atoms. The van der Waals surface area contributed by atoms with Crippen LogP contribution in [0.1, 0.15) is 112 Å². The van der Waals surface area contributed by atoms with Crippen LogP contribution in [-0.4, -0.2) is 53.0 Å². The minimum Gasteiger partial charge on any atom is -0.466 e. The summed E-state index contributed by atoms with van der Waals surface area (Å²) in [5, 5.41) is 2.37. The Hall–Kier alpha value is -1.25. The smallest absolute Gasteiger partial charge is 0.408 e. The van der Waals surface area contributed by atoms with Crippen molar-refractivity contribution in [2.45, 2.75) is 121 Å². The lowest BCUT2D eigenvalue weighted by atomic mass is 10.1. The third kappa shape index (κ3) is 30.9. The number of carbonyl (C=O) groups excluding carboxylic acids is 4. The first-order valence-electron chi connectivity index (χ1n) is 13.1. The SMILES string of the molecule is CC.CC(C)(C)OC(=O)NCC(=O)CCC(=O)OCCCCCCCCCCCC(=O)OCC(Cl)(Cl)Cl. The van der Waals surface area contributed by atoms with Crippen LogP contribution >= 0.6 is 34.8 Å². The van der Waals surface area contributed by atoms with Gasteiger partial charge in [0.1, 0.15) is 12.2 Å². The normalized spacial score (nSPS) is 11.1. The van der Waals surface area contributed by atoms with Crippen LogP contribution in [0.2, 0.25) is 0 Å². The summed E-state index contributed by atoms with van der Waals surface area (Å²) in [6.07, 6.45) is 8.62. The van der Waals surface area contributed by atoms with E-state index >= 15 is 0 Å². The summed E-state index contributed by atoms with van der Waals surface area (Å²) >= 11 is 16.6. The minimum absolute atomic E-state index is 0.000537. The number of alkyl carbamates (subject to hydrolysis) is 1. The fourth-order valence-electron chi connectivity index (χ4n) is 2.92. The van der Waals surface area contributed by atoms with E-state index in [4.69, 9.17) is 49.0 Å². The zero-order valence-electron chi connectivity index (χ0n) is 23.1. The number of nitrogens with one attached hydrogen (secondary N) is 1. The predicted molar refractivity (Wildman–Crippen MR) is 148 cm³/mol. The van der Waals surface area contributed by atoms with Gasteiger partial charge in [-0.05, 0) is 33.6 Å². The maximum atomic E-state index is 11.8. The van der Waals surface area contributed by atoms with Crippen molar-refractivity contribution in [3.63, 3.8) is 0 Å². The number of halogens is 3. The Morgan fingerprint density at radius 2 is 1.16 bits per heavy atom. The lowest BCUT2D eigenvalue weighted by molar-refractivity contribution is -0.145. The number of ketones is 1. The van der Waals surface area contributed by atoms with Crippen molar-refractivity contribution in [1.29, 1.82) is 0 Å². The van der Waals surface area contributed by atoms with Gasteiger partial charge < -0.3 is 19.5 Å². The van der Waals surface area contributed by atoms with Crippen molar-refractivity contribution < 1.29 is 33.4 Å². The molecule has 11 heteroatoms. The van der Waals surface area contributed by atoms with E-state index in [1.165, 1.54) is 0 Å². The first-order valence-corrected chi connectivity index (χ1v) is 14.3. The number of amides is 1. The summed E-state index contributed by atoms with van der Waals surface area (Å²) in [4.78, 5) is 46.5. The highest BCUT2D eigenvalue weighted by molar-refractivity contribution is 6.67. The van der Waals surface area contributed by atoms with Crippen molar-refractivity contribution >= 4 is 58.6 Å². The molecule has 0 heterocycles. The summed E-state index contributed by atoms with van der Waals surface area (Å²) in [5.41, 5.74) is -0.633. The second-order valence-corrected chi connectivity index (χ2v) is 11.8. The maximum absolute atomic E-state index is 11.8. The average molecular weight is 591 g/mol. The molecule has 0 saturated heterocycles. The molecular weight excluding hydrogens is 545 g/mol. The number of ether oxygens (including phenoxy) is 3. The Morgan fingerprint density at radius 1 is 0.676 bits per heavy atom. The molecule has 0 bridgehead atoms. The summed E-state index contributed by atoms with van der Waals surface area (Å²) in [7, 11) is 0. The quantitative estimate of drug-likeness (QED) is 0.0775. The van der Waals surface area contributed by atoms with Crippen LogP contribution in [0.25, 0.3) is 0 Å². The molecule has 0 aliphatic heterocycles. The molecule has 0 aliphatic carbocycles. The first kappa shape index (κ1) is 37.9. The lowest BCUT2D eigenvalue weighted by Gasteiger charge is -2.19. The van der Waals surface area contributed by atoms with Gasteiger partial charge in [0.05, 0.1) is 19.6 Å². The number of alkyl halides is 3. The second kappa shape index (κ2) is 22.7.